The molecule has 1 aromatic rings. The Morgan fingerprint density at radius 3 is 2.78 bits per heavy atom. The van der Waals surface area contributed by atoms with E-state index in [-0.39, 0.29) is 30.0 Å². The van der Waals surface area contributed by atoms with Gasteiger partial charge in [0.1, 0.15) is 0 Å². The van der Waals surface area contributed by atoms with Crippen LogP contribution >= 0.6 is 12.4 Å². The zero-order valence-electron chi connectivity index (χ0n) is 13.6. The molecule has 1 amide bonds. The number of hydrogen-bond acceptors (Lipinski definition) is 3. The Hall–Kier alpha value is -1.39. The van der Waals surface area contributed by atoms with Crippen LogP contribution in [0.4, 0.5) is 5.69 Å². The minimum absolute atomic E-state index is 0. The summed E-state index contributed by atoms with van der Waals surface area (Å²) < 4.78 is 0. The highest BCUT2D eigenvalue weighted by Crippen LogP contribution is 2.32. The molecule has 5 heteroatoms. The second kappa shape index (κ2) is 7.93. The number of aryl methyl sites for hydroxylation is 2. The summed E-state index contributed by atoms with van der Waals surface area (Å²) in [5.74, 6) is 0.350. The fourth-order valence-corrected chi connectivity index (χ4v) is 3.37. The number of nitrogens with one attached hydrogen (secondary N) is 2. The van der Waals surface area contributed by atoms with E-state index in [2.05, 4.69) is 23.6 Å². The van der Waals surface area contributed by atoms with Gasteiger partial charge in [0.25, 0.3) is 0 Å². The third-order valence-electron chi connectivity index (χ3n) is 4.72. The molecule has 3 rings (SSSR count). The predicted molar refractivity (Wildman–Crippen MR) is 94.6 cm³/mol. The van der Waals surface area contributed by atoms with Gasteiger partial charge in [0.15, 0.2) is 5.78 Å². The number of rotatable bonds is 5. The molecule has 1 atom stereocenters. The van der Waals surface area contributed by atoms with Crippen molar-refractivity contribution < 1.29 is 9.59 Å². The minimum atomic E-state index is 0. The van der Waals surface area contributed by atoms with E-state index >= 15 is 0 Å². The van der Waals surface area contributed by atoms with Gasteiger partial charge in [-0.3, -0.25) is 9.59 Å². The first kappa shape index (κ1) is 18.0. The molecule has 0 fully saturated rings. The normalized spacial score (nSPS) is 19.4. The number of carbonyl (C=O) groups excluding carboxylic acids is 2. The number of amides is 1. The second-order valence-corrected chi connectivity index (χ2v) is 6.37. The summed E-state index contributed by atoms with van der Waals surface area (Å²) in [6.45, 7) is 3.91. The highest BCUT2D eigenvalue weighted by molar-refractivity contribution is 6.03. The van der Waals surface area contributed by atoms with Gasteiger partial charge < -0.3 is 10.6 Å². The summed E-state index contributed by atoms with van der Waals surface area (Å²) in [6.07, 6.45) is 5.53. The molecule has 2 N–H and O–H groups in total. The Bertz CT molecular complexity index is 601. The largest absolute Gasteiger partial charge is 0.326 e. The lowest BCUT2D eigenvalue weighted by Crippen LogP contribution is -2.33. The van der Waals surface area contributed by atoms with E-state index in [1.165, 1.54) is 12.0 Å². The van der Waals surface area contributed by atoms with Crippen molar-refractivity contribution in [3.8, 4) is 0 Å². The van der Waals surface area contributed by atoms with E-state index in [1.54, 1.807) is 0 Å². The van der Waals surface area contributed by atoms with Crippen molar-refractivity contribution >= 4 is 29.8 Å². The monoisotopic (exact) mass is 336 g/mol. The van der Waals surface area contributed by atoms with Crippen LogP contribution in [0.2, 0.25) is 0 Å². The highest BCUT2D eigenvalue weighted by atomic mass is 35.5. The number of fused-ring (bicyclic) bond motifs is 2. The van der Waals surface area contributed by atoms with Crippen LogP contribution in [0.3, 0.4) is 0 Å². The van der Waals surface area contributed by atoms with Gasteiger partial charge in [0, 0.05) is 30.1 Å². The molecule has 1 heterocycles. The summed E-state index contributed by atoms with van der Waals surface area (Å²) in [7, 11) is 0. The molecule has 0 radical (unpaired) electrons. The minimum Gasteiger partial charge on any atom is -0.326 e. The van der Waals surface area contributed by atoms with Gasteiger partial charge in [-0.15, -0.1) is 12.4 Å². The summed E-state index contributed by atoms with van der Waals surface area (Å²) in [5.41, 5.74) is 3.98. The highest BCUT2D eigenvalue weighted by Gasteiger charge is 2.29. The first-order valence-electron chi connectivity index (χ1n) is 8.39. The molecule has 0 aromatic heterocycles. The Balaban J connectivity index is 0.00000192. The van der Waals surface area contributed by atoms with Crippen LogP contribution in [0.15, 0.2) is 12.1 Å². The van der Waals surface area contributed by atoms with Gasteiger partial charge in [0.05, 0.1) is 0 Å². The average molecular weight is 337 g/mol. The molecule has 1 aromatic carbocycles. The first-order chi connectivity index (χ1) is 10.7. The SMILES string of the molecule is CCCCNCC1CCc2cc3c(cc2C1=O)NC(=O)CC3.Cl. The van der Waals surface area contributed by atoms with E-state index in [0.717, 1.165) is 55.6 Å². The number of Topliss-reactive ketones (excluding diaryl/α,β-unsaturated/α-hetero) is 1. The lowest BCUT2D eigenvalue weighted by molar-refractivity contribution is -0.116. The molecule has 4 nitrogen and oxygen atoms in total. The average Bonchev–Trinajstić information content (AvgIpc) is 2.52. The summed E-state index contributed by atoms with van der Waals surface area (Å²) in [4.78, 5) is 24.2. The number of anilines is 1. The van der Waals surface area contributed by atoms with Crippen molar-refractivity contribution in [3.05, 3.63) is 28.8 Å². The van der Waals surface area contributed by atoms with Gasteiger partial charge >= 0.3 is 0 Å². The van der Waals surface area contributed by atoms with Gasteiger partial charge in [-0.1, -0.05) is 19.4 Å². The molecule has 0 saturated carbocycles. The van der Waals surface area contributed by atoms with Crippen molar-refractivity contribution in [2.24, 2.45) is 5.92 Å². The predicted octanol–water partition coefficient (Wildman–Crippen LogP) is 3.13. The van der Waals surface area contributed by atoms with Crippen LogP contribution in [-0.2, 0) is 17.6 Å². The third kappa shape index (κ3) is 3.93. The summed E-state index contributed by atoms with van der Waals surface area (Å²) >= 11 is 0. The van der Waals surface area contributed by atoms with Crippen molar-refractivity contribution in [1.82, 2.24) is 5.32 Å². The lowest BCUT2D eigenvalue weighted by atomic mass is 9.81. The lowest BCUT2D eigenvalue weighted by Gasteiger charge is -2.26. The van der Waals surface area contributed by atoms with E-state index in [4.69, 9.17) is 0 Å². The maximum absolute atomic E-state index is 12.7. The third-order valence-corrected chi connectivity index (χ3v) is 4.72. The smallest absolute Gasteiger partial charge is 0.224 e. The maximum Gasteiger partial charge on any atom is 0.224 e. The second-order valence-electron chi connectivity index (χ2n) is 6.37. The molecule has 1 aliphatic heterocycles. The molecule has 23 heavy (non-hydrogen) atoms. The van der Waals surface area contributed by atoms with Crippen molar-refractivity contribution in [2.75, 3.05) is 18.4 Å². The molecule has 1 aliphatic carbocycles. The van der Waals surface area contributed by atoms with Crippen LogP contribution in [0, 0.1) is 5.92 Å². The molecule has 0 spiro atoms. The Labute approximate surface area is 143 Å². The first-order valence-corrected chi connectivity index (χ1v) is 8.39. The molecule has 1 unspecified atom stereocenters. The van der Waals surface area contributed by atoms with Crippen LogP contribution < -0.4 is 10.6 Å². The Morgan fingerprint density at radius 2 is 2.00 bits per heavy atom. The van der Waals surface area contributed by atoms with Gasteiger partial charge in [-0.2, -0.15) is 0 Å². The fraction of sp³-hybridized carbons (Fsp3) is 0.556. The number of halogens is 1. The van der Waals surface area contributed by atoms with Gasteiger partial charge in [-0.25, -0.2) is 0 Å². The number of unbranched alkanes of at least 4 members (excludes halogenated alkanes) is 1. The molecular weight excluding hydrogens is 312 g/mol. The molecule has 0 saturated heterocycles. The standard InChI is InChI=1S/C18H24N2O2.ClH/c1-2-3-8-19-11-14-5-4-12-9-13-6-7-17(21)20-16(13)10-15(12)18(14)22;/h9-10,14,19H,2-8,11H2,1H3,(H,20,21);1H. The van der Waals surface area contributed by atoms with Crippen LogP contribution in [0.25, 0.3) is 0 Å². The van der Waals surface area contributed by atoms with Crippen molar-refractivity contribution in [2.45, 2.75) is 45.4 Å². The van der Waals surface area contributed by atoms with Crippen molar-refractivity contribution in [3.63, 3.8) is 0 Å². The quantitative estimate of drug-likeness (QED) is 0.812. The fourth-order valence-electron chi connectivity index (χ4n) is 3.37. The summed E-state index contributed by atoms with van der Waals surface area (Å²) in [5, 5.41) is 6.29. The molecular formula is C18H25ClN2O2. The van der Waals surface area contributed by atoms with Crippen molar-refractivity contribution in [1.29, 1.82) is 0 Å². The topological polar surface area (TPSA) is 58.2 Å². The number of hydrogen-bond donors (Lipinski definition) is 2. The van der Waals surface area contributed by atoms with Crippen LogP contribution in [0.1, 0.15) is 54.1 Å². The Kier molecular flexibility index (Phi) is 6.19. The van der Waals surface area contributed by atoms with Crippen LogP contribution in [0.5, 0.6) is 0 Å². The number of benzene rings is 1. The van der Waals surface area contributed by atoms with Gasteiger partial charge in [-0.05, 0) is 49.4 Å². The number of ketones is 1. The maximum atomic E-state index is 12.7. The zero-order chi connectivity index (χ0) is 15.5. The van der Waals surface area contributed by atoms with E-state index < -0.39 is 0 Å². The van der Waals surface area contributed by atoms with Gasteiger partial charge in [0.2, 0.25) is 5.91 Å². The van der Waals surface area contributed by atoms with E-state index in [1.807, 2.05) is 6.07 Å². The van der Waals surface area contributed by atoms with Crippen LogP contribution in [-0.4, -0.2) is 24.8 Å². The Morgan fingerprint density at radius 1 is 1.17 bits per heavy atom. The zero-order valence-corrected chi connectivity index (χ0v) is 14.4. The number of carbonyl (C=O) groups is 2. The summed E-state index contributed by atoms with van der Waals surface area (Å²) in [6, 6.07) is 4.03. The molecule has 126 valence electrons. The van der Waals surface area contributed by atoms with E-state index in [0.29, 0.717) is 6.42 Å². The molecule has 0 bridgehead atoms. The van der Waals surface area contributed by atoms with E-state index in [9.17, 15) is 9.59 Å². The molecule has 2 aliphatic rings.